The lowest BCUT2D eigenvalue weighted by Crippen LogP contribution is -2.62. The number of carbonyl (C=O) groups excluding carboxylic acids is 3. The predicted octanol–water partition coefficient (Wildman–Crippen LogP) is 4.36. The topological polar surface area (TPSA) is 158 Å². The Morgan fingerprint density at radius 1 is 0.811 bits per heavy atom. The SMILES string of the molecule is COc1cccc(CNC(C(=O)NC2c3ccccc3CC2O)C(O)C(Cc2ccccc2)NC(=O)C(NC(=O)OCc2ccccc2)C(C)(C)C)c1. The fourth-order valence-electron chi connectivity index (χ4n) is 6.55. The number of nitrogens with one attached hydrogen (secondary N) is 4. The molecule has 53 heavy (non-hydrogen) atoms. The van der Waals surface area contributed by atoms with Gasteiger partial charge in [0.2, 0.25) is 11.8 Å². The fraction of sp³-hybridized carbons (Fsp3) is 0.357. The number of hydrogen-bond donors (Lipinski definition) is 6. The molecule has 0 saturated carbocycles. The normalized spacial score (nSPS) is 17.4. The summed E-state index contributed by atoms with van der Waals surface area (Å²) in [4.78, 5) is 41.4. The maximum absolute atomic E-state index is 14.3. The van der Waals surface area contributed by atoms with Crippen molar-refractivity contribution < 1.29 is 34.1 Å². The molecular weight excluding hydrogens is 672 g/mol. The molecule has 280 valence electrons. The monoisotopic (exact) mass is 722 g/mol. The van der Waals surface area contributed by atoms with Gasteiger partial charge in [0, 0.05) is 13.0 Å². The lowest BCUT2D eigenvalue weighted by molar-refractivity contribution is -0.131. The first kappa shape index (κ1) is 39.0. The van der Waals surface area contributed by atoms with Crippen LogP contribution in [0.2, 0.25) is 0 Å². The predicted molar refractivity (Wildman–Crippen MR) is 202 cm³/mol. The first-order valence-corrected chi connectivity index (χ1v) is 17.8. The Kier molecular flexibility index (Phi) is 13.2. The number of amides is 3. The molecule has 5 rings (SSSR count). The molecule has 0 aliphatic heterocycles. The average molecular weight is 723 g/mol. The second kappa shape index (κ2) is 18.0. The van der Waals surface area contributed by atoms with Gasteiger partial charge in [-0.1, -0.05) is 118 Å². The summed E-state index contributed by atoms with van der Waals surface area (Å²) >= 11 is 0. The number of carbonyl (C=O) groups is 3. The van der Waals surface area contributed by atoms with Gasteiger partial charge in [0.1, 0.15) is 24.4 Å². The first-order chi connectivity index (χ1) is 25.4. The van der Waals surface area contributed by atoms with E-state index in [1.54, 1.807) is 7.11 Å². The standard InChI is InChI=1S/C42H50N4O7/c1-42(2,3)38(46-41(51)53-26-28-16-9-6-10-17-28)40(50)44-33(23-27-14-7-5-8-15-27)37(48)36(43-25-29-18-13-20-31(22-29)52-4)39(49)45-35-32-21-12-11-19-30(32)24-34(35)47/h5-22,33-38,43,47-48H,23-26H2,1-4H3,(H,44,50)(H,45,49)(H,46,51). The summed E-state index contributed by atoms with van der Waals surface area (Å²) in [6, 6.07) is 29.4. The third-order valence-corrected chi connectivity index (χ3v) is 9.43. The molecule has 0 spiro atoms. The molecule has 0 radical (unpaired) electrons. The molecule has 3 amide bonds. The quantitative estimate of drug-likeness (QED) is 0.106. The van der Waals surface area contributed by atoms with E-state index in [9.17, 15) is 24.6 Å². The Hall–Kier alpha value is -5.23. The zero-order valence-corrected chi connectivity index (χ0v) is 30.6. The third kappa shape index (κ3) is 10.7. The fourth-order valence-corrected chi connectivity index (χ4v) is 6.55. The highest BCUT2D eigenvalue weighted by Gasteiger charge is 2.40. The number of aliphatic hydroxyl groups is 2. The minimum absolute atomic E-state index is 0.0242. The van der Waals surface area contributed by atoms with Gasteiger partial charge in [-0.25, -0.2) is 4.79 Å². The van der Waals surface area contributed by atoms with Crippen LogP contribution in [0.25, 0.3) is 0 Å². The summed E-state index contributed by atoms with van der Waals surface area (Å²) in [5, 5.41) is 35.1. The largest absolute Gasteiger partial charge is 0.497 e. The summed E-state index contributed by atoms with van der Waals surface area (Å²) < 4.78 is 10.8. The Morgan fingerprint density at radius 2 is 1.45 bits per heavy atom. The zero-order valence-electron chi connectivity index (χ0n) is 30.6. The smallest absolute Gasteiger partial charge is 0.408 e. The minimum atomic E-state index is -1.47. The van der Waals surface area contributed by atoms with Crippen molar-refractivity contribution >= 4 is 17.9 Å². The van der Waals surface area contributed by atoms with Crippen molar-refractivity contribution in [2.45, 2.75) is 83.1 Å². The molecule has 0 bridgehead atoms. The number of aliphatic hydroxyl groups excluding tert-OH is 2. The second-order valence-corrected chi connectivity index (χ2v) is 14.5. The number of methoxy groups -OCH3 is 1. The highest BCUT2D eigenvalue weighted by atomic mass is 16.5. The van der Waals surface area contributed by atoms with E-state index in [4.69, 9.17) is 9.47 Å². The highest BCUT2D eigenvalue weighted by molar-refractivity contribution is 5.87. The van der Waals surface area contributed by atoms with Crippen LogP contribution in [0.4, 0.5) is 4.79 Å². The molecule has 1 aliphatic carbocycles. The van der Waals surface area contributed by atoms with E-state index in [2.05, 4.69) is 21.3 Å². The molecule has 0 heterocycles. The number of hydrogen-bond acceptors (Lipinski definition) is 8. The number of alkyl carbamates (subject to hydrolysis) is 1. The average Bonchev–Trinajstić information content (AvgIpc) is 3.47. The number of fused-ring (bicyclic) bond motifs is 1. The Morgan fingerprint density at radius 3 is 2.13 bits per heavy atom. The lowest BCUT2D eigenvalue weighted by Gasteiger charge is -2.35. The lowest BCUT2D eigenvalue weighted by atomic mass is 9.85. The van der Waals surface area contributed by atoms with Crippen molar-refractivity contribution in [3.63, 3.8) is 0 Å². The van der Waals surface area contributed by atoms with Gasteiger partial charge in [0.05, 0.1) is 31.4 Å². The van der Waals surface area contributed by atoms with E-state index in [1.165, 1.54) is 0 Å². The van der Waals surface area contributed by atoms with Crippen molar-refractivity contribution in [1.82, 2.24) is 21.3 Å². The summed E-state index contributed by atoms with van der Waals surface area (Å²) in [5.41, 5.74) is 3.39. The zero-order chi connectivity index (χ0) is 38.0. The molecule has 6 atom stereocenters. The Bertz CT molecular complexity index is 1820. The van der Waals surface area contributed by atoms with Crippen LogP contribution in [0.3, 0.4) is 0 Å². The van der Waals surface area contributed by atoms with E-state index in [1.807, 2.05) is 130 Å². The maximum atomic E-state index is 14.3. The van der Waals surface area contributed by atoms with E-state index >= 15 is 0 Å². The molecule has 11 nitrogen and oxygen atoms in total. The van der Waals surface area contributed by atoms with E-state index in [-0.39, 0.29) is 19.6 Å². The molecule has 1 aliphatic rings. The van der Waals surface area contributed by atoms with Crippen molar-refractivity contribution in [1.29, 1.82) is 0 Å². The van der Waals surface area contributed by atoms with Crippen LogP contribution in [0.1, 0.15) is 54.6 Å². The molecule has 4 aromatic carbocycles. The number of rotatable bonds is 15. The molecular formula is C42H50N4O7. The molecule has 0 aromatic heterocycles. The Balaban J connectivity index is 1.41. The number of benzene rings is 4. The molecule has 4 aromatic rings. The van der Waals surface area contributed by atoms with Crippen LogP contribution in [-0.2, 0) is 40.3 Å². The van der Waals surface area contributed by atoms with Gasteiger partial charge in [0.15, 0.2) is 0 Å². The molecule has 6 unspecified atom stereocenters. The van der Waals surface area contributed by atoms with Crippen molar-refractivity contribution in [2.24, 2.45) is 5.41 Å². The molecule has 6 N–H and O–H groups in total. The van der Waals surface area contributed by atoms with Gasteiger partial charge in [-0.05, 0) is 51.8 Å². The second-order valence-electron chi connectivity index (χ2n) is 14.5. The van der Waals surface area contributed by atoms with Crippen LogP contribution in [0, 0.1) is 5.41 Å². The van der Waals surface area contributed by atoms with E-state index in [0.717, 1.165) is 27.8 Å². The van der Waals surface area contributed by atoms with E-state index < -0.39 is 59.7 Å². The summed E-state index contributed by atoms with van der Waals surface area (Å²) in [7, 11) is 1.57. The van der Waals surface area contributed by atoms with E-state index in [0.29, 0.717) is 12.2 Å². The van der Waals surface area contributed by atoms with Crippen LogP contribution in [-0.4, -0.2) is 65.6 Å². The molecule has 0 fully saturated rings. The summed E-state index contributed by atoms with van der Waals surface area (Å²) in [6.45, 7) is 5.65. The van der Waals surface area contributed by atoms with Crippen molar-refractivity contribution in [3.05, 3.63) is 137 Å². The van der Waals surface area contributed by atoms with Gasteiger partial charge < -0.3 is 35.6 Å². The minimum Gasteiger partial charge on any atom is -0.497 e. The van der Waals surface area contributed by atoms with Gasteiger partial charge in [-0.2, -0.15) is 0 Å². The van der Waals surface area contributed by atoms with Crippen LogP contribution >= 0.6 is 0 Å². The van der Waals surface area contributed by atoms with Crippen LogP contribution < -0.4 is 26.0 Å². The highest BCUT2D eigenvalue weighted by Crippen LogP contribution is 2.31. The van der Waals surface area contributed by atoms with Crippen LogP contribution in [0.5, 0.6) is 5.75 Å². The summed E-state index contributed by atoms with van der Waals surface area (Å²) in [6.07, 6.45) is -2.54. The number of ether oxygens (including phenoxy) is 2. The van der Waals surface area contributed by atoms with Gasteiger partial charge in [0.25, 0.3) is 0 Å². The maximum Gasteiger partial charge on any atom is 0.408 e. The summed E-state index contributed by atoms with van der Waals surface area (Å²) in [5.74, 6) is -0.474. The first-order valence-electron chi connectivity index (χ1n) is 17.8. The molecule has 0 saturated heterocycles. The van der Waals surface area contributed by atoms with Gasteiger partial charge >= 0.3 is 6.09 Å². The van der Waals surface area contributed by atoms with Crippen molar-refractivity contribution in [3.8, 4) is 5.75 Å². The molecule has 11 heteroatoms. The Labute approximate surface area is 311 Å². The van der Waals surface area contributed by atoms with Crippen LogP contribution in [0.15, 0.2) is 109 Å². The van der Waals surface area contributed by atoms with Crippen molar-refractivity contribution in [2.75, 3.05) is 7.11 Å². The van der Waals surface area contributed by atoms with Gasteiger partial charge in [-0.3, -0.25) is 14.9 Å². The van der Waals surface area contributed by atoms with Gasteiger partial charge in [-0.15, -0.1) is 0 Å². The third-order valence-electron chi connectivity index (χ3n) is 9.43.